The Balaban J connectivity index is 1.48. The molecule has 0 bridgehead atoms. The predicted octanol–water partition coefficient (Wildman–Crippen LogP) is 5.65. The van der Waals surface area contributed by atoms with Gasteiger partial charge in [-0.25, -0.2) is 4.79 Å². The van der Waals surface area contributed by atoms with Crippen LogP contribution in [0.2, 0.25) is 0 Å². The first kappa shape index (κ1) is 26.5. The lowest BCUT2D eigenvalue weighted by molar-refractivity contribution is -0.132. The van der Waals surface area contributed by atoms with Crippen LogP contribution in [0.3, 0.4) is 0 Å². The molecule has 8 heteroatoms. The molecule has 1 heterocycles. The SMILES string of the molecule is COc1ccc(CCN(Cc2ccc(C)s2)C(=O)CN(C(=O)Nc2ccccc2C)C2CC2)cc1OC. The van der Waals surface area contributed by atoms with Gasteiger partial charge >= 0.3 is 6.03 Å². The second-order valence-corrected chi connectivity index (χ2v) is 10.7. The monoisotopic (exact) mass is 521 g/mol. The van der Waals surface area contributed by atoms with Crippen LogP contribution >= 0.6 is 11.3 Å². The van der Waals surface area contributed by atoms with Crippen molar-refractivity contribution in [3.8, 4) is 11.5 Å². The van der Waals surface area contributed by atoms with E-state index in [0.717, 1.165) is 34.5 Å². The van der Waals surface area contributed by atoms with E-state index in [2.05, 4.69) is 24.4 Å². The highest BCUT2D eigenvalue weighted by Crippen LogP contribution is 2.29. The molecular weight excluding hydrogens is 486 g/mol. The highest BCUT2D eigenvalue weighted by atomic mass is 32.1. The normalized spacial score (nSPS) is 12.6. The lowest BCUT2D eigenvalue weighted by atomic mass is 10.1. The number of hydrogen-bond donors (Lipinski definition) is 1. The van der Waals surface area contributed by atoms with Crippen LogP contribution in [-0.2, 0) is 17.8 Å². The standard InChI is InChI=1S/C29H35N3O4S/c1-20-7-5-6-8-25(20)30-29(34)32(23-11-12-23)19-28(33)31(18-24-13-9-21(2)37-24)16-15-22-10-14-26(35-3)27(17-22)36-4/h5-10,13-14,17,23H,11-12,15-16,18-19H2,1-4H3,(H,30,34). The number of ether oxygens (including phenoxy) is 2. The number of urea groups is 1. The van der Waals surface area contributed by atoms with Gasteiger partial charge in [0, 0.05) is 28.0 Å². The van der Waals surface area contributed by atoms with Gasteiger partial charge in [-0.3, -0.25) is 4.79 Å². The van der Waals surface area contributed by atoms with E-state index in [1.54, 1.807) is 30.5 Å². The number of carbonyl (C=O) groups excluding carboxylic acids is 2. The number of hydrogen-bond acceptors (Lipinski definition) is 5. The van der Waals surface area contributed by atoms with Gasteiger partial charge in [0.25, 0.3) is 0 Å². The summed E-state index contributed by atoms with van der Waals surface area (Å²) in [6, 6.07) is 17.5. The van der Waals surface area contributed by atoms with Crippen molar-refractivity contribution in [3.05, 3.63) is 75.5 Å². The quantitative estimate of drug-likeness (QED) is 0.354. The molecule has 3 aromatic rings. The Hall–Kier alpha value is -3.52. The summed E-state index contributed by atoms with van der Waals surface area (Å²) in [5.41, 5.74) is 2.81. The molecule has 7 nitrogen and oxygen atoms in total. The summed E-state index contributed by atoms with van der Waals surface area (Å²) in [6.07, 6.45) is 2.50. The first-order valence-corrected chi connectivity index (χ1v) is 13.4. The number of rotatable bonds is 11. The topological polar surface area (TPSA) is 71.1 Å². The summed E-state index contributed by atoms with van der Waals surface area (Å²) in [7, 11) is 3.23. The van der Waals surface area contributed by atoms with E-state index in [0.29, 0.717) is 31.0 Å². The molecule has 0 radical (unpaired) electrons. The largest absolute Gasteiger partial charge is 0.493 e. The maximum absolute atomic E-state index is 13.6. The van der Waals surface area contributed by atoms with Crippen molar-refractivity contribution >= 4 is 29.0 Å². The summed E-state index contributed by atoms with van der Waals surface area (Å²) in [4.78, 5) is 32.7. The Morgan fingerprint density at radius 2 is 1.76 bits per heavy atom. The van der Waals surface area contributed by atoms with Crippen LogP contribution in [0.4, 0.5) is 10.5 Å². The number of amides is 3. The number of anilines is 1. The highest BCUT2D eigenvalue weighted by Gasteiger charge is 2.35. The van der Waals surface area contributed by atoms with Crippen molar-refractivity contribution in [1.82, 2.24) is 9.80 Å². The third kappa shape index (κ3) is 7.04. The van der Waals surface area contributed by atoms with Crippen molar-refractivity contribution in [2.24, 2.45) is 0 Å². The highest BCUT2D eigenvalue weighted by molar-refractivity contribution is 7.11. The van der Waals surface area contributed by atoms with Gasteiger partial charge < -0.3 is 24.6 Å². The van der Waals surface area contributed by atoms with Gasteiger partial charge in [-0.15, -0.1) is 11.3 Å². The van der Waals surface area contributed by atoms with Crippen LogP contribution < -0.4 is 14.8 Å². The number of aryl methyl sites for hydroxylation is 2. The van der Waals surface area contributed by atoms with Gasteiger partial charge in [-0.1, -0.05) is 24.3 Å². The van der Waals surface area contributed by atoms with Crippen LogP contribution in [0.15, 0.2) is 54.6 Å². The first-order chi connectivity index (χ1) is 17.9. The zero-order valence-corrected chi connectivity index (χ0v) is 22.8. The van der Waals surface area contributed by atoms with E-state index in [9.17, 15) is 9.59 Å². The fourth-order valence-electron chi connectivity index (χ4n) is 4.25. The zero-order valence-electron chi connectivity index (χ0n) is 22.0. The third-order valence-electron chi connectivity index (χ3n) is 6.55. The molecule has 1 saturated carbocycles. The van der Waals surface area contributed by atoms with Crippen LogP contribution in [0, 0.1) is 13.8 Å². The van der Waals surface area contributed by atoms with Crippen LogP contribution in [-0.4, -0.2) is 55.1 Å². The van der Waals surface area contributed by atoms with Gasteiger partial charge in [-0.05, 0) is 74.6 Å². The van der Waals surface area contributed by atoms with Crippen LogP contribution in [0.5, 0.6) is 11.5 Å². The van der Waals surface area contributed by atoms with Crippen molar-refractivity contribution in [3.63, 3.8) is 0 Å². The Morgan fingerprint density at radius 3 is 2.41 bits per heavy atom. The Morgan fingerprint density at radius 1 is 1.00 bits per heavy atom. The summed E-state index contributed by atoms with van der Waals surface area (Å²) in [5.74, 6) is 1.28. The minimum Gasteiger partial charge on any atom is -0.493 e. The predicted molar refractivity (Wildman–Crippen MR) is 148 cm³/mol. The molecule has 4 rings (SSSR count). The molecule has 3 amide bonds. The minimum atomic E-state index is -0.225. The van der Waals surface area contributed by atoms with E-state index in [1.165, 1.54) is 4.88 Å². The van der Waals surface area contributed by atoms with Crippen molar-refractivity contribution < 1.29 is 19.1 Å². The van der Waals surface area contributed by atoms with E-state index in [-0.39, 0.29) is 24.5 Å². The molecule has 37 heavy (non-hydrogen) atoms. The molecule has 0 spiro atoms. The Labute approximate surface area is 223 Å². The molecule has 1 aliphatic rings. The molecule has 1 aliphatic carbocycles. The van der Waals surface area contributed by atoms with E-state index in [4.69, 9.17) is 9.47 Å². The fraction of sp³-hybridized carbons (Fsp3) is 0.379. The third-order valence-corrected chi connectivity index (χ3v) is 7.54. The van der Waals surface area contributed by atoms with Crippen molar-refractivity contribution in [2.75, 3.05) is 32.6 Å². The lowest BCUT2D eigenvalue weighted by Gasteiger charge is -2.28. The Kier molecular flexibility index (Phi) is 8.71. The molecule has 1 fully saturated rings. The molecule has 0 atom stereocenters. The van der Waals surface area contributed by atoms with Gasteiger partial charge in [0.15, 0.2) is 11.5 Å². The van der Waals surface area contributed by atoms with E-state index >= 15 is 0 Å². The molecular formula is C29H35N3O4S. The smallest absolute Gasteiger partial charge is 0.322 e. The maximum atomic E-state index is 13.6. The minimum absolute atomic E-state index is 0.0542. The second-order valence-electron chi connectivity index (χ2n) is 9.37. The molecule has 0 saturated heterocycles. The number of benzene rings is 2. The number of carbonyl (C=O) groups is 2. The van der Waals surface area contributed by atoms with Gasteiger partial charge in [0.1, 0.15) is 6.54 Å². The lowest BCUT2D eigenvalue weighted by Crippen LogP contribution is -2.45. The van der Waals surface area contributed by atoms with Gasteiger partial charge in [-0.2, -0.15) is 0 Å². The van der Waals surface area contributed by atoms with Crippen LogP contribution in [0.25, 0.3) is 0 Å². The average molecular weight is 522 g/mol. The average Bonchev–Trinajstić information content (AvgIpc) is 3.66. The molecule has 0 aliphatic heterocycles. The zero-order chi connectivity index (χ0) is 26.4. The molecule has 1 N–H and O–H groups in total. The number of methoxy groups -OCH3 is 2. The van der Waals surface area contributed by atoms with E-state index in [1.807, 2.05) is 54.3 Å². The Bertz CT molecular complexity index is 1240. The second kappa shape index (κ2) is 12.1. The van der Waals surface area contributed by atoms with Crippen molar-refractivity contribution in [1.29, 1.82) is 0 Å². The summed E-state index contributed by atoms with van der Waals surface area (Å²) in [5, 5.41) is 3.00. The maximum Gasteiger partial charge on any atom is 0.322 e. The fourth-order valence-corrected chi connectivity index (χ4v) is 5.16. The first-order valence-electron chi connectivity index (χ1n) is 12.5. The number of thiophene rings is 1. The molecule has 0 unspecified atom stereocenters. The summed E-state index contributed by atoms with van der Waals surface area (Å²) < 4.78 is 10.8. The number of nitrogens with zero attached hydrogens (tertiary/aromatic N) is 2. The molecule has 1 aromatic heterocycles. The number of para-hydroxylation sites is 1. The number of nitrogens with one attached hydrogen (secondary N) is 1. The van der Waals surface area contributed by atoms with Crippen LogP contribution in [0.1, 0.15) is 33.7 Å². The molecule has 2 aromatic carbocycles. The summed E-state index contributed by atoms with van der Waals surface area (Å²) >= 11 is 1.69. The van der Waals surface area contributed by atoms with Crippen molar-refractivity contribution in [2.45, 2.75) is 45.7 Å². The summed E-state index contributed by atoms with van der Waals surface area (Å²) in [6.45, 7) is 5.13. The van der Waals surface area contributed by atoms with Gasteiger partial charge in [0.05, 0.1) is 20.8 Å². The molecule has 196 valence electrons. The van der Waals surface area contributed by atoms with E-state index < -0.39 is 0 Å². The van der Waals surface area contributed by atoms with Gasteiger partial charge in [0.2, 0.25) is 5.91 Å².